The molecular formula is C15H16ClN5S. The van der Waals surface area contributed by atoms with Crippen LogP contribution in [0.3, 0.4) is 0 Å². The van der Waals surface area contributed by atoms with Crippen molar-refractivity contribution in [2.75, 3.05) is 5.75 Å². The molecule has 3 aromatic rings. The predicted octanol–water partition coefficient (Wildman–Crippen LogP) is 3.38. The van der Waals surface area contributed by atoms with Crippen molar-refractivity contribution >= 4 is 23.4 Å². The lowest BCUT2D eigenvalue weighted by molar-refractivity contribution is 0.766. The van der Waals surface area contributed by atoms with E-state index in [0.717, 1.165) is 29.4 Å². The first-order valence-electron chi connectivity index (χ1n) is 6.98. The van der Waals surface area contributed by atoms with E-state index in [0.29, 0.717) is 5.02 Å². The molecule has 1 aromatic carbocycles. The summed E-state index contributed by atoms with van der Waals surface area (Å²) in [6.45, 7) is 0. The predicted molar refractivity (Wildman–Crippen MR) is 88.6 cm³/mol. The molecule has 0 spiro atoms. The van der Waals surface area contributed by atoms with E-state index >= 15 is 0 Å². The number of thioether (sulfide) groups is 1. The lowest BCUT2D eigenvalue weighted by atomic mass is 10.2. The smallest absolute Gasteiger partial charge is 0.195 e. The standard InChI is InChI=1S/C15H16ClN5S/c1-20-10-12(9-18-20)4-3-7-22-15-19-17-11-21(15)14-6-2-5-13(16)8-14/h2,5-6,8-11H,3-4,7H2,1H3. The molecule has 0 saturated carbocycles. The van der Waals surface area contributed by atoms with Crippen molar-refractivity contribution in [3.05, 3.63) is 53.6 Å². The maximum atomic E-state index is 6.04. The summed E-state index contributed by atoms with van der Waals surface area (Å²) in [6.07, 6.45) is 7.78. The fourth-order valence-electron chi connectivity index (χ4n) is 2.17. The zero-order valence-corrected chi connectivity index (χ0v) is 13.8. The Labute approximate surface area is 138 Å². The van der Waals surface area contributed by atoms with Gasteiger partial charge in [-0.3, -0.25) is 9.25 Å². The Balaban J connectivity index is 1.58. The monoisotopic (exact) mass is 333 g/mol. The van der Waals surface area contributed by atoms with E-state index in [4.69, 9.17) is 11.6 Å². The molecule has 3 rings (SSSR count). The maximum Gasteiger partial charge on any atom is 0.195 e. The van der Waals surface area contributed by atoms with E-state index < -0.39 is 0 Å². The van der Waals surface area contributed by atoms with Crippen LogP contribution in [0.25, 0.3) is 5.69 Å². The Kier molecular flexibility index (Phi) is 4.80. The molecule has 22 heavy (non-hydrogen) atoms. The highest BCUT2D eigenvalue weighted by Crippen LogP contribution is 2.22. The first-order chi connectivity index (χ1) is 10.7. The largest absolute Gasteiger partial charge is 0.277 e. The van der Waals surface area contributed by atoms with Crippen molar-refractivity contribution in [1.82, 2.24) is 24.5 Å². The van der Waals surface area contributed by atoms with Crippen LogP contribution in [-0.4, -0.2) is 30.3 Å². The molecule has 2 aromatic heterocycles. The average molecular weight is 334 g/mol. The zero-order chi connectivity index (χ0) is 15.4. The van der Waals surface area contributed by atoms with Crippen LogP contribution in [0.1, 0.15) is 12.0 Å². The lowest BCUT2D eigenvalue weighted by Crippen LogP contribution is -1.96. The number of aryl methyl sites for hydroxylation is 2. The minimum Gasteiger partial charge on any atom is -0.277 e. The van der Waals surface area contributed by atoms with Gasteiger partial charge >= 0.3 is 0 Å². The summed E-state index contributed by atoms with van der Waals surface area (Å²) >= 11 is 7.74. The van der Waals surface area contributed by atoms with Gasteiger partial charge in [0.2, 0.25) is 0 Å². The van der Waals surface area contributed by atoms with Gasteiger partial charge in [0.15, 0.2) is 5.16 Å². The molecule has 0 amide bonds. The van der Waals surface area contributed by atoms with Crippen LogP contribution in [0.5, 0.6) is 0 Å². The summed E-state index contributed by atoms with van der Waals surface area (Å²) in [6, 6.07) is 7.68. The molecule has 7 heteroatoms. The molecule has 0 unspecified atom stereocenters. The van der Waals surface area contributed by atoms with E-state index in [-0.39, 0.29) is 0 Å². The zero-order valence-electron chi connectivity index (χ0n) is 12.2. The van der Waals surface area contributed by atoms with Gasteiger partial charge in [0, 0.05) is 24.0 Å². The van der Waals surface area contributed by atoms with Gasteiger partial charge in [0.25, 0.3) is 0 Å². The normalized spacial score (nSPS) is 11.0. The molecule has 0 aliphatic carbocycles. The van der Waals surface area contributed by atoms with Gasteiger partial charge in [0.05, 0.1) is 11.9 Å². The summed E-state index contributed by atoms with van der Waals surface area (Å²) in [7, 11) is 1.94. The molecule has 0 bridgehead atoms. The summed E-state index contributed by atoms with van der Waals surface area (Å²) in [5.74, 6) is 0.980. The summed E-state index contributed by atoms with van der Waals surface area (Å²) in [5.41, 5.74) is 2.24. The van der Waals surface area contributed by atoms with Crippen molar-refractivity contribution in [1.29, 1.82) is 0 Å². The van der Waals surface area contributed by atoms with Gasteiger partial charge in [-0.1, -0.05) is 29.4 Å². The molecule has 5 nitrogen and oxygen atoms in total. The maximum absolute atomic E-state index is 6.04. The molecule has 0 radical (unpaired) electrons. The molecule has 0 N–H and O–H groups in total. The molecule has 0 aliphatic heterocycles. The number of halogens is 1. The van der Waals surface area contributed by atoms with Gasteiger partial charge in [-0.2, -0.15) is 5.10 Å². The quantitative estimate of drug-likeness (QED) is 0.512. The van der Waals surface area contributed by atoms with Crippen molar-refractivity contribution in [2.24, 2.45) is 7.05 Å². The van der Waals surface area contributed by atoms with Crippen LogP contribution in [0.4, 0.5) is 0 Å². The number of hydrogen-bond acceptors (Lipinski definition) is 4. The highest BCUT2D eigenvalue weighted by molar-refractivity contribution is 7.99. The van der Waals surface area contributed by atoms with Gasteiger partial charge in [-0.25, -0.2) is 0 Å². The van der Waals surface area contributed by atoms with Crippen LogP contribution >= 0.6 is 23.4 Å². The van der Waals surface area contributed by atoms with Gasteiger partial charge < -0.3 is 0 Å². The fraction of sp³-hybridized carbons (Fsp3) is 0.267. The second kappa shape index (κ2) is 6.98. The Bertz CT molecular complexity index is 752. The second-order valence-corrected chi connectivity index (χ2v) is 6.44. The van der Waals surface area contributed by atoms with E-state index in [1.807, 2.05) is 46.8 Å². The second-order valence-electron chi connectivity index (χ2n) is 4.94. The van der Waals surface area contributed by atoms with E-state index in [9.17, 15) is 0 Å². The molecule has 0 saturated heterocycles. The number of benzene rings is 1. The molecule has 0 fully saturated rings. The molecular weight excluding hydrogens is 318 g/mol. The first-order valence-corrected chi connectivity index (χ1v) is 8.35. The minimum absolute atomic E-state index is 0.707. The van der Waals surface area contributed by atoms with Crippen LogP contribution in [0.2, 0.25) is 5.02 Å². The Morgan fingerprint density at radius 3 is 3.00 bits per heavy atom. The lowest BCUT2D eigenvalue weighted by Gasteiger charge is -2.06. The van der Waals surface area contributed by atoms with Crippen molar-refractivity contribution in [3.63, 3.8) is 0 Å². The third kappa shape index (κ3) is 3.69. The third-order valence-corrected chi connectivity index (χ3v) is 4.47. The highest BCUT2D eigenvalue weighted by atomic mass is 35.5. The van der Waals surface area contributed by atoms with Crippen molar-refractivity contribution < 1.29 is 0 Å². The summed E-state index contributed by atoms with van der Waals surface area (Å²) in [5, 5.41) is 14.0. The minimum atomic E-state index is 0.707. The van der Waals surface area contributed by atoms with E-state index in [1.165, 1.54) is 5.56 Å². The third-order valence-electron chi connectivity index (χ3n) is 3.20. The Morgan fingerprint density at radius 2 is 2.23 bits per heavy atom. The van der Waals surface area contributed by atoms with Crippen molar-refractivity contribution in [3.8, 4) is 5.69 Å². The topological polar surface area (TPSA) is 48.5 Å². The molecule has 0 aliphatic rings. The van der Waals surface area contributed by atoms with Gasteiger partial charge in [-0.15, -0.1) is 10.2 Å². The van der Waals surface area contributed by atoms with Crippen LogP contribution in [-0.2, 0) is 13.5 Å². The van der Waals surface area contributed by atoms with Gasteiger partial charge in [0.1, 0.15) is 6.33 Å². The first kappa shape index (κ1) is 15.1. The number of nitrogens with zero attached hydrogens (tertiary/aromatic N) is 5. The number of rotatable bonds is 6. The van der Waals surface area contributed by atoms with Crippen LogP contribution < -0.4 is 0 Å². The van der Waals surface area contributed by atoms with Crippen molar-refractivity contribution in [2.45, 2.75) is 18.0 Å². The number of hydrogen-bond donors (Lipinski definition) is 0. The Hall–Kier alpha value is -1.79. The van der Waals surface area contributed by atoms with E-state index in [2.05, 4.69) is 21.5 Å². The Morgan fingerprint density at radius 1 is 1.32 bits per heavy atom. The summed E-state index contributed by atoms with van der Waals surface area (Å²) in [4.78, 5) is 0. The highest BCUT2D eigenvalue weighted by Gasteiger charge is 2.07. The van der Waals surface area contributed by atoms with E-state index in [1.54, 1.807) is 18.1 Å². The molecule has 114 valence electrons. The average Bonchev–Trinajstić information content (AvgIpc) is 3.12. The molecule has 0 atom stereocenters. The van der Waals surface area contributed by atoms with Crippen LogP contribution in [0.15, 0.2) is 48.1 Å². The van der Waals surface area contributed by atoms with Crippen LogP contribution in [0, 0.1) is 0 Å². The van der Waals surface area contributed by atoms with Gasteiger partial charge in [-0.05, 0) is 36.6 Å². The SMILES string of the molecule is Cn1cc(CCCSc2nncn2-c2cccc(Cl)c2)cn1. The molecule has 2 heterocycles. The summed E-state index contributed by atoms with van der Waals surface area (Å²) < 4.78 is 3.79. The number of aromatic nitrogens is 5. The fourth-order valence-corrected chi connectivity index (χ4v) is 3.22.